The molecular weight excluding hydrogens is 466 g/mol. The van der Waals surface area contributed by atoms with Crippen molar-refractivity contribution in [2.24, 2.45) is 4.99 Å². The fourth-order valence-electron chi connectivity index (χ4n) is 3.73. The van der Waals surface area contributed by atoms with Crippen LogP contribution in [0.4, 0.5) is 11.4 Å². The van der Waals surface area contributed by atoms with Crippen LogP contribution in [0.25, 0.3) is 0 Å². The Morgan fingerprint density at radius 3 is 2.57 bits per heavy atom. The highest BCUT2D eigenvalue weighted by atomic mass is 32.2. The molecule has 2 heterocycles. The van der Waals surface area contributed by atoms with Crippen molar-refractivity contribution in [1.82, 2.24) is 15.5 Å². The normalized spacial score (nSPS) is 19.4. The van der Waals surface area contributed by atoms with Crippen LogP contribution < -0.4 is 16.0 Å². The first-order valence-electron chi connectivity index (χ1n) is 11.7. The molecule has 0 spiro atoms. The number of anilines is 1. The molecule has 0 aromatic heterocycles. The van der Waals surface area contributed by atoms with Gasteiger partial charge in [-0.1, -0.05) is 30.0 Å². The average Bonchev–Trinajstić information content (AvgIpc) is 3.21. The Morgan fingerprint density at radius 1 is 1.09 bits per heavy atom. The Kier molecular flexibility index (Phi) is 8.88. The van der Waals surface area contributed by atoms with E-state index in [0.717, 1.165) is 45.0 Å². The van der Waals surface area contributed by atoms with Gasteiger partial charge in [-0.3, -0.25) is 19.3 Å². The summed E-state index contributed by atoms with van der Waals surface area (Å²) in [4.78, 5) is 43.8. The SMILES string of the molecule is O=C(CC1SC(=Nc2ccccc2)NC1=O)Nc1ccc(C(=O)NCCCN2CCOCC2)cc1. The summed E-state index contributed by atoms with van der Waals surface area (Å²) in [5, 5.41) is 8.39. The topological polar surface area (TPSA) is 112 Å². The van der Waals surface area contributed by atoms with E-state index in [1.165, 1.54) is 11.8 Å². The number of ether oxygens (including phenoxy) is 1. The van der Waals surface area contributed by atoms with E-state index in [4.69, 9.17) is 4.74 Å². The number of hydrogen-bond acceptors (Lipinski definition) is 7. The van der Waals surface area contributed by atoms with E-state index in [9.17, 15) is 14.4 Å². The second-order valence-corrected chi connectivity index (χ2v) is 9.43. The van der Waals surface area contributed by atoms with Crippen molar-refractivity contribution in [3.8, 4) is 0 Å². The molecule has 9 nitrogen and oxygen atoms in total. The van der Waals surface area contributed by atoms with Gasteiger partial charge < -0.3 is 20.7 Å². The van der Waals surface area contributed by atoms with Crippen LogP contribution >= 0.6 is 11.8 Å². The zero-order valence-electron chi connectivity index (χ0n) is 19.4. The Morgan fingerprint density at radius 2 is 1.83 bits per heavy atom. The molecule has 2 saturated heterocycles. The van der Waals surface area contributed by atoms with Crippen LogP contribution in [0.5, 0.6) is 0 Å². The first-order chi connectivity index (χ1) is 17.1. The summed E-state index contributed by atoms with van der Waals surface area (Å²) in [6.07, 6.45) is 0.903. The molecule has 0 bridgehead atoms. The standard InChI is InChI=1S/C25H29N5O4S/c31-22(17-21-24(33)29-25(35-21)28-19-5-2-1-3-6-19)27-20-9-7-18(8-10-20)23(32)26-11-4-12-30-13-15-34-16-14-30/h1-3,5-10,21H,4,11-17H2,(H,26,32)(H,27,31)(H,28,29,33). The third kappa shape index (κ3) is 7.64. The lowest BCUT2D eigenvalue weighted by molar-refractivity contribution is -0.122. The minimum Gasteiger partial charge on any atom is -0.379 e. The zero-order valence-corrected chi connectivity index (χ0v) is 20.2. The zero-order chi connectivity index (χ0) is 24.5. The van der Waals surface area contributed by atoms with E-state index >= 15 is 0 Å². The predicted octanol–water partition coefficient (Wildman–Crippen LogP) is 2.39. The van der Waals surface area contributed by atoms with E-state index < -0.39 is 5.25 Å². The molecule has 2 aromatic carbocycles. The molecule has 0 saturated carbocycles. The number of amides is 3. The predicted molar refractivity (Wildman–Crippen MR) is 137 cm³/mol. The summed E-state index contributed by atoms with van der Waals surface area (Å²) >= 11 is 1.24. The highest BCUT2D eigenvalue weighted by Crippen LogP contribution is 2.25. The molecule has 10 heteroatoms. The number of benzene rings is 2. The molecule has 4 rings (SSSR count). The van der Waals surface area contributed by atoms with Gasteiger partial charge in [0.05, 0.1) is 18.9 Å². The molecule has 2 aromatic rings. The minimum absolute atomic E-state index is 0.0235. The van der Waals surface area contributed by atoms with Crippen LogP contribution in [0.3, 0.4) is 0 Å². The molecule has 2 fully saturated rings. The molecule has 184 valence electrons. The maximum atomic E-state index is 12.5. The lowest BCUT2D eigenvalue weighted by Crippen LogP contribution is -2.38. The van der Waals surface area contributed by atoms with E-state index in [0.29, 0.717) is 23.0 Å². The van der Waals surface area contributed by atoms with Crippen LogP contribution in [0.15, 0.2) is 59.6 Å². The second-order valence-electron chi connectivity index (χ2n) is 8.24. The van der Waals surface area contributed by atoms with Crippen molar-refractivity contribution in [3.05, 3.63) is 60.2 Å². The summed E-state index contributed by atoms with van der Waals surface area (Å²) in [5.74, 6) is -0.659. The number of aliphatic imine (C=N–C) groups is 1. The fourth-order valence-corrected chi connectivity index (χ4v) is 4.72. The molecule has 1 unspecified atom stereocenters. The number of hydrogen-bond donors (Lipinski definition) is 3. The monoisotopic (exact) mass is 495 g/mol. The van der Waals surface area contributed by atoms with E-state index in [-0.39, 0.29) is 24.1 Å². The third-order valence-corrected chi connectivity index (χ3v) is 6.69. The molecule has 35 heavy (non-hydrogen) atoms. The van der Waals surface area contributed by atoms with Gasteiger partial charge in [0.25, 0.3) is 5.91 Å². The lowest BCUT2D eigenvalue weighted by atomic mass is 10.2. The smallest absolute Gasteiger partial charge is 0.251 e. The maximum Gasteiger partial charge on any atom is 0.251 e. The van der Waals surface area contributed by atoms with E-state index in [1.807, 2.05) is 30.3 Å². The summed E-state index contributed by atoms with van der Waals surface area (Å²) in [7, 11) is 0. The van der Waals surface area contributed by atoms with E-state index in [2.05, 4.69) is 25.8 Å². The molecule has 3 amide bonds. The van der Waals surface area contributed by atoms with Crippen molar-refractivity contribution >= 4 is 46.0 Å². The van der Waals surface area contributed by atoms with Crippen molar-refractivity contribution < 1.29 is 19.1 Å². The van der Waals surface area contributed by atoms with Crippen LogP contribution in [0.2, 0.25) is 0 Å². The number of morpholine rings is 1. The number of nitrogens with one attached hydrogen (secondary N) is 3. The Bertz CT molecular complexity index is 1060. The van der Waals surface area contributed by atoms with Gasteiger partial charge in [0.2, 0.25) is 11.8 Å². The molecule has 2 aliphatic rings. The van der Waals surface area contributed by atoms with E-state index in [1.54, 1.807) is 24.3 Å². The largest absolute Gasteiger partial charge is 0.379 e. The summed E-state index contributed by atoms with van der Waals surface area (Å²) < 4.78 is 5.34. The summed E-state index contributed by atoms with van der Waals surface area (Å²) in [5.41, 5.74) is 1.84. The number of carbonyl (C=O) groups is 3. The lowest BCUT2D eigenvalue weighted by Gasteiger charge is -2.26. The Labute approximate surface area is 208 Å². The number of para-hydroxylation sites is 1. The van der Waals surface area contributed by atoms with Gasteiger partial charge in [-0.2, -0.15) is 0 Å². The summed E-state index contributed by atoms with van der Waals surface area (Å²) in [6, 6.07) is 16.0. The number of thioether (sulfide) groups is 1. The van der Waals surface area contributed by atoms with Crippen LogP contribution in [-0.2, 0) is 14.3 Å². The van der Waals surface area contributed by atoms with Gasteiger partial charge in [-0.05, 0) is 49.4 Å². The van der Waals surface area contributed by atoms with Crippen molar-refractivity contribution in [3.63, 3.8) is 0 Å². The summed E-state index contributed by atoms with van der Waals surface area (Å²) in [6.45, 7) is 4.95. The quantitative estimate of drug-likeness (QED) is 0.461. The van der Waals surface area contributed by atoms with Gasteiger partial charge in [-0.25, -0.2) is 4.99 Å². The first kappa shape index (κ1) is 24.9. The Hall–Kier alpha value is -3.21. The van der Waals surface area contributed by atoms with Crippen molar-refractivity contribution in [1.29, 1.82) is 0 Å². The molecular formula is C25H29N5O4S. The van der Waals surface area contributed by atoms with Gasteiger partial charge >= 0.3 is 0 Å². The van der Waals surface area contributed by atoms with Crippen LogP contribution in [0, 0.1) is 0 Å². The van der Waals surface area contributed by atoms with Gasteiger partial charge in [0, 0.05) is 37.3 Å². The van der Waals surface area contributed by atoms with Gasteiger partial charge in [0.15, 0.2) is 5.17 Å². The minimum atomic E-state index is -0.542. The molecule has 2 aliphatic heterocycles. The molecule has 1 atom stereocenters. The number of carbonyl (C=O) groups excluding carboxylic acids is 3. The Balaban J connectivity index is 1.19. The molecule has 0 radical (unpaired) electrons. The van der Waals surface area contributed by atoms with Crippen LogP contribution in [0.1, 0.15) is 23.2 Å². The van der Waals surface area contributed by atoms with Gasteiger partial charge in [-0.15, -0.1) is 0 Å². The van der Waals surface area contributed by atoms with Gasteiger partial charge in [0.1, 0.15) is 5.25 Å². The number of amidine groups is 1. The maximum absolute atomic E-state index is 12.5. The highest BCUT2D eigenvalue weighted by molar-refractivity contribution is 8.15. The average molecular weight is 496 g/mol. The van der Waals surface area contributed by atoms with Crippen molar-refractivity contribution in [2.45, 2.75) is 18.1 Å². The fraction of sp³-hybridized carbons (Fsp3) is 0.360. The molecule has 3 N–H and O–H groups in total. The highest BCUT2D eigenvalue weighted by Gasteiger charge is 2.32. The molecule has 0 aliphatic carbocycles. The van der Waals surface area contributed by atoms with Crippen molar-refractivity contribution in [2.75, 3.05) is 44.7 Å². The van der Waals surface area contributed by atoms with Crippen LogP contribution in [-0.4, -0.2) is 72.4 Å². The first-order valence-corrected chi connectivity index (χ1v) is 12.5. The third-order valence-electron chi connectivity index (χ3n) is 5.61. The number of rotatable bonds is 9. The second kappa shape index (κ2) is 12.5. The number of nitrogens with zero attached hydrogens (tertiary/aromatic N) is 2.